The van der Waals surface area contributed by atoms with E-state index in [0.29, 0.717) is 49.3 Å². The fourth-order valence-electron chi connectivity index (χ4n) is 7.35. The van der Waals surface area contributed by atoms with Gasteiger partial charge in [0, 0.05) is 39.6 Å². The van der Waals surface area contributed by atoms with Crippen LogP contribution in [0.25, 0.3) is 33.4 Å². The average molecular weight is 909 g/mol. The lowest BCUT2D eigenvalue weighted by atomic mass is 10.2. The second-order valence-electron chi connectivity index (χ2n) is 14.5. The van der Waals surface area contributed by atoms with Gasteiger partial charge in [0.25, 0.3) is 0 Å². The Balaban J connectivity index is 0.000000151. The van der Waals surface area contributed by atoms with Gasteiger partial charge in [-0.2, -0.15) is 31.3 Å². The number of anilines is 5. The van der Waals surface area contributed by atoms with Gasteiger partial charge in [-0.1, -0.05) is 12.1 Å². The van der Waals surface area contributed by atoms with Gasteiger partial charge in [0.15, 0.2) is 11.6 Å². The summed E-state index contributed by atoms with van der Waals surface area (Å²) in [5.41, 5.74) is 26.3. The number of nitrogens with one attached hydrogen (secondary N) is 2. The van der Waals surface area contributed by atoms with E-state index in [0.717, 1.165) is 80.4 Å². The van der Waals surface area contributed by atoms with Crippen LogP contribution in [-0.2, 0) is 53.0 Å². The van der Waals surface area contributed by atoms with E-state index in [4.69, 9.17) is 26.7 Å². The molecule has 0 unspecified atom stereocenters. The maximum atomic E-state index is 12.9. The highest BCUT2D eigenvalue weighted by atomic mass is 19.4. The number of nitrogen functional groups attached to an aromatic ring is 3. The number of carbonyl (C=O) groups is 1. The number of carbonyl (C=O) groups excluding carboxylic acids is 2. The maximum Gasteiger partial charge on any atom is 0.416 e. The molecule has 336 valence electrons. The fourth-order valence-corrected chi connectivity index (χ4v) is 7.35. The minimum atomic E-state index is -4.49. The molecule has 66 heavy (non-hydrogen) atoms. The molecule has 2 aliphatic heterocycles. The largest absolute Gasteiger partial charge is 0.416 e. The van der Waals surface area contributed by atoms with Crippen LogP contribution in [0.3, 0.4) is 0 Å². The summed E-state index contributed by atoms with van der Waals surface area (Å²) < 4.78 is 89.9. The van der Waals surface area contributed by atoms with Crippen molar-refractivity contribution >= 4 is 68.6 Å². The molecule has 2 amide bonds. The molecule has 16 nitrogen and oxygen atoms in total. The molecule has 10 rings (SSSR count). The minimum Gasteiger partial charge on any atom is -0.399 e. The third-order valence-corrected chi connectivity index (χ3v) is 10.3. The standard InChI is InChI=1S/C22H17F3N6O2.C14H13N5O.C8H4F3NO/c23-22(24,25)12-2-1-3-14(8-12)30-21(32)29-13-4-6-15(7-5-13)31-17-10-33-9-16(17)18-19(31)20(26)28-11-27-18;15-8-1-3-9(4-2-8)19-11-6-20-5-10(11)12-13(19)14(16)18-7-17-12;9-8(10,11)6-2-1-3-7(4-6)12-5-13/h1-8,11H,9-10H2,(H2,26,27,28)(H2,29,30,32);1-4,7H,5-6,15H2,(H2,16,17,18);1-4H. The summed E-state index contributed by atoms with van der Waals surface area (Å²) in [7, 11) is 0. The Morgan fingerprint density at radius 1 is 0.621 bits per heavy atom. The van der Waals surface area contributed by atoms with Crippen molar-refractivity contribution in [1.82, 2.24) is 29.1 Å². The summed E-state index contributed by atoms with van der Waals surface area (Å²) in [5, 5.41) is 5.01. The number of rotatable bonds is 5. The van der Waals surface area contributed by atoms with Gasteiger partial charge in [0.1, 0.15) is 34.7 Å². The Morgan fingerprint density at radius 2 is 1.11 bits per heavy atom. The van der Waals surface area contributed by atoms with Crippen molar-refractivity contribution in [1.29, 1.82) is 0 Å². The van der Waals surface area contributed by atoms with Crippen LogP contribution in [0.4, 0.5) is 65.5 Å². The topological polar surface area (TPSA) is 228 Å². The molecule has 0 fully saturated rings. The Kier molecular flexibility index (Phi) is 12.1. The second kappa shape index (κ2) is 18.0. The van der Waals surface area contributed by atoms with Crippen molar-refractivity contribution in [2.45, 2.75) is 38.8 Å². The summed E-state index contributed by atoms with van der Waals surface area (Å²) in [4.78, 5) is 42.0. The van der Waals surface area contributed by atoms with Crippen LogP contribution >= 0.6 is 0 Å². The number of benzene rings is 4. The van der Waals surface area contributed by atoms with E-state index in [-0.39, 0.29) is 11.4 Å². The highest BCUT2D eigenvalue weighted by Gasteiger charge is 2.32. The van der Waals surface area contributed by atoms with Crippen LogP contribution in [0.15, 0.2) is 115 Å². The zero-order valence-corrected chi connectivity index (χ0v) is 34.0. The molecule has 22 heteroatoms. The van der Waals surface area contributed by atoms with Crippen molar-refractivity contribution < 1.29 is 45.4 Å². The smallest absolute Gasteiger partial charge is 0.399 e. The lowest BCUT2D eigenvalue weighted by Gasteiger charge is -2.13. The first-order valence-electron chi connectivity index (χ1n) is 19.5. The van der Waals surface area contributed by atoms with Crippen molar-refractivity contribution in [2.75, 3.05) is 27.8 Å². The molecule has 0 atom stereocenters. The van der Waals surface area contributed by atoms with Crippen LogP contribution in [-0.4, -0.2) is 41.2 Å². The molecule has 0 saturated carbocycles. The molecular formula is C44H34F6N12O4. The first-order chi connectivity index (χ1) is 31.6. The molecule has 8 aromatic rings. The SMILES string of the molecule is Nc1ccc(-n2c3c(c4ncnc(N)c42)COC3)cc1.Nc1ncnc2c3c(n(-c4ccc(NC(=O)Nc5cccc(C(F)(F)F)c5)cc4)c12)COC3.O=C=Nc1cccc(C(F)(F)F)c1. The lowest BCUT2D eigenvalue weighted by Crippen LogP contribution is -2.19. The zero-order chi connectivity index (χ0) is 46.8. The van der Waals surface area contributed by atoms with E-state index < -0.39 is 29.5 Å². The Labute approximate surface area is 368 Å². The number of aliphatic imine (C=N–C) groups is 1. The van der Waals surface area contributed by atoms with Gasteiger partial charge in [-0.25, -0.2) is 29.5 Å². The highest BCUT2D eigenvalue weighted by molar-refractivity contribution is 6.00. The van der Waals surface area contributed by atoms with Crippen LogP contribution in [0.2, 0.25) is 0 Å². The molecule has 0 radical (unpaired) electrons. The van der Waals surface area contributed by atoms with Crippen LogP contribution in [0, 0.1) is 0 Å². The molecule has 0 aliphatic carbocycles. The van der Waals surface area contributed by atoms with Gasteiger partial charge in [0.05, 0.1) is 54.6 Å². The second-order valence-corrected chi connectivity index (χ2v) is 14.5. The summed E-state index contributed by atoms with van der Waals surface area (Å²) in [6.07, 6.45) is -4.83. The molecule has 8 N–H and O–H groups in total. The maximum absolute atomic E-state index is 12.9. The Morgan fingerprint density at radius 3 is 1.62 bits per heavy atom. The van der Waals surface area contributed by atoms with E-state index in [1.165, 1.54) is 43.0 Å². The first-order valence-corrected chi connectivity index (χ1v) is 19.5. The number of ether oxygens (including phenoxy) is 2. The molecule has 0 bridgehead atoms. The summed E-state index contributed by atoms with van der Waals surface area (Å²) in [6, 6.07) is 22.5. The monoisotopic (exact) mass is 908 g/mol. The van der Waals surface area contributed by atoms with Crippen molar-refractivity contribution in [3.8, 4) is 11.4 Å². The molecule has 0 saturated heterocycles. The predicted octanol–water partition coefficient (Wildman–Crippen LogP) is 8.98. The van der Waals surface area contributed by atoms with Crippen molar-refractivity contribution in [3.05, 3.63) is 143 Å². The number of halogens is 6. The number of hydrogen-bond donors (Lipinski definition) is 5. The number of amides is 2. The number of nitrogens with zero attached hydrogens (tertiary/aromatic N) is 7. The quantitative estimate of drug-likeness (QED) is 0.0474. The number of nitrogens with two attached hydrogens (primary N) is 3. The van der Waals surface area contributed by atoms with Gasteiger partial charge < -0.3 is 46.4 Å². The van der Waals surface area contributed by atoms with Gasteiger partial charge >= 0.3 is 18.4 Å². The number of urea groups is 1. The number of hydrogen-bond acceptors (Lipinski definition) is 12. The molecule has 0 spiro atoms. The molecule has 4 aromatic heterocycles. The minimum absolute atomic E-state index is 0.0313. The predicted molar refractivity (Wildman–Crippen MR) is 231 cm³/mol. The summed E-state index contributed by atoms with van der Waals surface area (Å²) >= 11 is 0. The Hall–Kier alpha value is -8.33. The van der Waals surface area contributed by atoms with Crippen LogP contribution < -0.4 is 27.8 Å². The normalized spacial score (nSPS) is 12.9. The van der Waals surface area contributed by atoms with Gasteiger partial charge in [-0.05, 0) is 84.9 Å². The average Bonchev–Trinajstić information content (AvgIpc) is 4.08. The first kappa shape index (κ1) is 44.3. The summed E-state index contributed by atoms with van der Waals surface area (Å²) in [5.74, 6) is 0.818. The Bertz CT molecular complexity index is 3150. The molecule has 4 aromatic carbocycles. The van der Waals surface area contributed by atoms with Crippen LogP contribution in [0.1, 0.15) is 33.6 Å². The van der Waals surface area contributed by atoms with Crippen LogP contribution in [0.5, 0.6) is 0 Å². The van der Waals surface area contributed by atoms with E-state index in [9.17, 15) is 35.9 Å². The zero-order valence-electron chi connectivity index (χ0n) is 34.0. The van der Waals surface area contributed by atoms with Gasteiger partial charge in [0.2, 0.25) is 6.08 Å². The van der Waals surface area contributed by atoms with E-state index in [1.807, 2.05) is 28.8 Å². The highest BCUT2D eigenvalue weighted by Crippen LogP contribution is 2.37. The van der Waals surface area contributed by atoms with Crippen molar-refractivity contribution in [2.24, 2.45) is 4.99 Å². The number of fused-ring (bicyclic) bond motifs is 6. The van der Waals surface area contributed by atoms with E-state index in [1.54, 1.807) is 24.3 Å². The molecule has 2 aliphatic rings. The summed E-state index contributed by atoms with van der Waals surface area (Å²) in [6.45, 7) is 1.95. The molecular weight excluding hydrogens is 875 g/mol. The van der Waals surface area contributed by atoms with Gasteiger partial charge in [-0.3, -0.25) is 0 Å². The number of alkyl halides is 6. The number of isocyanates is 1. The van der Waals surface area contributed by atoms with E-state index >= 15 is 0 Å². The lowest BCUT2D eigenvalue weighted by molar-refractivity contribution is -0.138. The third kappa shape index (κ3) is 9.17. The van der Waals surface area contributed by atoms with Crippen molar-refractivity contribution in [3.63, 3.8) is 0 Å². The third-order valence-electron chi connectivity index (χ3n) is 10.3. The molecule has 6 heterocycles. The van der Waals surface area contributed by atoms with Gasteiger partial charge in [-0.15, -0.1) is 0 Å². The fraction of sp³-hybridized carbons (Fsp3) is 0.136. The van der Waals surface area contributed by atoms with E-state index in [2.05, 4.69) is 40.1 Å². The number of aromatic nitrogens is 6.